The molecule has 0 radical (unpaired) electrons. The van der Waals surface area contributed by atoms with Crippen LogP contribution in [0.2, 0.25) is 0 Å². The van der Waals surface area contributed by atoms with Crippen molar-refractivity contribution in [2.75, 3.05) is 37.7 Å². The number of likely N-dealkylation sites (tertiary alicyclic amines) is 1. The highest BCUT2D eigenvalue weighted by atomic mass is 16.5. The van der Waals surface area contributed by atoms with Crippen molar-refractivity contribution in [3.8, 4) is 11.5 Å². The van der Waals surface area contributed by atoms with Crippen molar-refractivity contribution in [3.63, 3.8) is 0 Å². The minimum atomic E-state index is -0.215. The van der Waals surface area contributed by atoms with E-state index in [9.17, 15) is 9.59 Å². The third-order valence-electron chi connectivity index (χ3n) is 5.75. The minimum absolute atomic E-state index is 0.0221. The molecular formula is C24H29N3O4. The highest BCUT2D eigenvalue weighted by Crippen LogP contribution is 2.32. The lowest BCUT2D eigenvalue weighted by molar-refractivity contribution is -0.126. The Hall–Kier alpha value is -3.22. The molecule has 31 heavy (non-hydrogen) atoms. The van der Waals surface area contributed by atoms with E-state index >= 15 is 0 Å². The molecule has 0 spiro atoms. The maximum atomic E-state index is 13.2. The lowest BCUT2D eigenvalue weighted by Gasteiger charge is -2.37. The molecule has 7 heteroatoms. The Morgan fingerprint density at radius 1 is 1.13 bits per heavy atom. The van der Waals surface area contributed by atoms with Gasteiger partial charge in [-0.15, -0.1) is 0 Å². The highest BCUT2D eigenvalue weighted by molar-refractivity contribution is 5.94. The van der Waals surface area contributed by atoms with Crippen LogP contribution < -0.4 is 19.7 Å². The quantitative estimate of drug-likeness (QED) is 0.800. The SMILES string of the molecule is CCOc1ccccc1CNC(=O)C1CCCN(C(=O)N2CCOc3ccccc32)C1. The molecule has 2 aromatic rings. The van der Waals surface area contributed by atoms with E-state index in [1.165, 1.54) is 0 Å². The van der Waals surface area contributed by atoms with Crippen molar-refractivity contribution >= 4 is 17.6 Å². The van der Waals surface area contributed by atoms with E-state index in [-0.39, 0.29) is 17.9 Å². The number of nitrogens with one attached hydrogen (secondary N) is 1. The summed E-state index contributed by atoms with van der Waals surface area (Å²) in [5, 5.41) is 3.03. The maximum Gasteiger partial charge on any atom is 0.324 e. The summed E-state index contributed by atoms with van der Waals surface area (Å²) in [5.41, 5.74) is 1.74. The molecule has 3 amide bonds. The molecule has 1 fully saturated rings. The van der Waals surface area contributed by atoms with Crippen LogP contribution in [-0.2, 0) is 11.3 Å². The normalized spacial score (nSPS) is 18.0. The smallest absolute Gasteiger partial charge is 0.324 e. The number of hydrogen-bond acceptors (Lipinski definition) is 4. The fourth-order valence-corrected chi connectivity index (χ4v) is 4.18. The van der Waals surface area contributed by atoms with E-state index < -0.39 is 0 Å². The molecule has 1 N–H and O–H groups in total. The van der Waals surface area contributed by atoms with Gasteiger partial charge in [0.2, 0.25) is 5.91 Å². The monoisotopic (exact) mass is 423 g/mol. The first-order valence-electron chi connectivity index (χ1n) is 10.9. The van der Waals surface area contributed by atoms with E-state index in [1.807, 2.05) is 55.5 Å². The largest absolute Gasteiger partial charge is 0.494 e. The molecule has 7 nitrogen and oxygen atoms in total. The number of carbonyl (C=O) groups excluding carboxylic acids is 2. The number of hydrogen-bond donors (Lipinski definition) is 1. The number of anilines is 1. The Labute approximate surface area is 182 Å². The summed E-state index contributed by atoms with van der Waals surface area (Å²) in [4.78, 5) is 29.6. The summed E-state index contributed by atoms with van der Waals surface area (Å²) >= 11 is 0. The van der Waals surface area contributed by atoms with Crippen molar-refractivity contribution in [1.82, 2.24) is 10.2 Å². The van der Waals surface area contributed by atoms with Gasteiger partial charge in [0.1, 0.15) is 18.1 Å². The third kappa shape index (κ3) is 4.76. The first-order chi connectivity index (χ1) is 15.2. The van der Waals surface area contributed by atoms with Crippen LogP contribution in [0.1, 0.15) is 25.3 Å². The molecule has 1 saturated heterocycles. The summed E-state index contributed by atoms with van der Waals surface area (Å²) in [6, 6.07) is 15.2. The molecule has 0 saturated carbocycles. The first-order valence-corrected chi connectivity index (χ1v) is 10.9. The Kier molecular flexibility index (Phi) is 6.60. The molecule has 4 rings (SSSR count). The molecule has 2 aromatic carbocycles. The number of para-hydroxylation sites is 3. The third-order valence-corrected chi connectivity index (χ3v) is 5.75. The van der Waals surface area contributed by atoms with Gasteiger partial charge >= 0.3 is 6.03 Å². The van der Waals surface area contributed by atoms with Crippen molar-refractivity contribution < 1.29 is 19.1 Å². The van der Waals surface area contributed by atoms with Crippen LogP contribution in [0.4, 0.5) is 10.5 Å². The lowest BCUT2D eigenvalue weighted by atomic mass is 9.97. The average molecular weight is 424 g/mol. The number of benzene rings is 2. The van der Waals surface area contributed by atoms with E-state index in [0.29, 0.717) is 39.4 Å². The van der Waals surface area contributed by atoms with Gasteiger partial charge in [-0.3, -0.25) is 9.69 Å². The van der Waals surface area contributed by atoms with Gasteiger partial charge < -0.3 is 19.7 Å². The van der Waals surface area contributed by atoms with Crippen LogP contribution in [0, 0.1) is 5.92 Å². The van der Waals surface area contributed by atoms with Crippen molar-refractivity contribution in [2.45, 2.75) is 26.3 Å². The van der Waals surface area contributed by atoms with Crippen molar-refractivity contribution in [1.29, 1.82) is 0 Å². The molecule has 1 atom stereocenters. The fourth-order valence-electron chi connectivity index (χ4n) is 4.18. The first kappa shape index (κ1) is 21.0. The van der Waals surface area contributed by atoms with Crippen LogP contribution in [-0.4, -0.2) is 49.7 Å². The molecule has 2 heterocycles. The number of fused-ring (bicyclic) bond motifs is 1. The summed E-state index contributed by atoms with van der Waals surface area (Å²) in [5.74, 6) is 1.28. The molecule has 0 aromatic heterocycles. The highest BCUT2D eigenvalue weighted by Gasteiger charge is 2.33. The number of ether oxygens (including phenoxy) is 2. The number of amides is 3. The van der Waals surface area contributed by atoms with E-state index in [0.717, 1.165) is 35.6 Å². The predicted octanol–water partition coefficient (Wildman–Crippen LogP) is 3.43. The Bertz CT molecular complexity index is 933. The number of rotatable bonds is 5. The molecular weight excluding hydrogens is 394 g/mol. The summed E-state index contributed by atoms with van der Waals surface area (Å²) in [6.07, 6.45) is 1.59. The van der Waals surface area contributed by atoms with Gasteiger partial charge in [-0.1, -0.05) is 30.3 Å². The second-order valence-corrected chi connectivity index (χ2v) is 7.79. The van der Waals surface area contributed by atoms with Crippen LogP contribution in [0.25, 0.3) is 0 Å². The van der Waals surface area contributed by atoms with Crippen molar-refractivity contribution in [2.24, 2.45) is 5.92 Å². The van der Waals surface area contributed by atoms with Gasteiger partial charge in [-0.05, 0) is 38.0 Å². The minimum Gasteiger partial charge on any atom is -0.494 e. The van der Waals surface area contributed by atoms with Crippen LogP contribution in [0.5, 0.6) is 11.5 Å². The molecule has 2 aliphatic heterocycles. The van der Waals surface area contributed by atoms with E-state index in [1.54, 1.807) is 9.80 Å². The van der Waals surface area contributed by atoms with Gasteiger partial charge in [0.05, 0.1) is 24.8 Å². The second-order valence-electron chi connectivity index (χ2n) is 7.79. The van der Waals surface area contributed by atoms with Gasteiger partial charge in [-0.25, -0.2) is 4.79 Å². The number of piperidine rings is 1. The van der Waals surface area contributed by atoms with E-state index in [2.05, 4.69) is 5.32 Å². The zero-order valence-corrected chi connectivity index (χ0v) is 17.9. The van der Waals surface area contributed by atoms with Gasteiger partial charge in [0, 0.05) is 25.2 Å². The zero-order chi connectivity index (χ0) is 21.6. The van der Waals surface area contributed by atoms with Gasteiger partial charge in [-0.2, -0.15) is 0 Å². The summed E-state index contributed by atoms with van der Waals surface area (Å²) in [7, 11) is 0. The van der Waals surface area contributed by atoms with Crippen molar-refractivity contribution in [3.05, 3.63) is 54.1 Å². The Morgan fingerprint density at radius 3 is 2.81 bits per heavy atom. The summed E-state index contributed by atoms with van der Waals surface area (Å²) < 4.78 is 11.3. The Morgan fingerprint density at radius 2 is 1.94 bits per heavy atom. The maximum absolute atomic E-state index is 13.2. The fraction of sp³-hybridized carbons (Fsp3) is 0.417. The second kappa shape index (κ2) is 9.73. The van der Waals surface area contributed by atoms with Crippen LogP contribution in [0.15, 0.2) is 48.5 Å². The molecule has 1 unspecified atom stereocenters. The predicted molar refractivity (Wildman–Crippen MR) is 118 cm³/mol. The lowest BCUT2D eigenvalue weighted by Crippen LogP contribution is -2.52. The molecule has 2 aliphatic rings. The van der Waals surface area contributed by atoms with E-state index in [4.69, 9.17) is 9.47 Å². The standard InChI is InChI=1S/C24H29N3O4/c1-2-30-21-11-5-3-8-18(21)16-25-23(28)19-9-7-13-26(17-19)24(29)27-14-15-31-22-12-6-4-10-20(22)27/h3-6,8,10-12,19H,2,7,9,13-17H2,1H3,(H,25,28). The number of nitrogens with zero attached hydrogens (tertiary/aromatic N) is 2. The van der Waals surface area contributed by atoms with Crippen LogP contribution >= 0.6 is 0 Å². The summed E-state index contributed by atoms with van der Waals surface area (Å²) in [6.45, 7) is 5.01. The molecule has 164 valence electrons. The molecule has 0 bridgehead atoms. The van der Waals surface area contributed by atoms with Gasteiger partial charge in [0.25, 0.3) is 0 Å². The average Bonchev–Trinajstić information content (AvgIpc) is 2.83. The number of carbonyl (C=O) groups is 2. The Balaban J connectivity index is 1.37. The number of urea groups is 1. The van der Waals surface area contributed by atoms with Crippen LogP contribution in [0.3, 0.4) is 0 Å². The zero-order valence-electron chi connectivity index (χ0n) is 17.9. The topological polar surface area (TPSA) is 71.1 Å². The van der Waals surface area contributed by atoms with Gasteiger partial charge in [0.15, 0.2) is 0 Å². The molecule has 0 aliphatic carbocycles.